The third kappa shape index (κ3) is 2.34. The highest BCUT2D eigenvalue weighted by Crippen LogP contribution is 2.29. The Morgan fingerprint density at radius 3 is 2.87 bits per heavy atom. The van der Waals surface area contributed by atoms with Gasteiger partial charge in [-0.15, -0.1) is 0 Å². The summed E-state index contributed by atoms with van der Waals surface area (Å²) >= 11 is 0. The zero-order chi connectivity index (χ0) is 10.8. The minimum absolute atomic E-state index is 0.605. The molecule has 0 amide bonds. The Labute approximate surface area is 92.5 Å². The van der Waals surface area contributed by atoms with Crippen molar-refractivity contribution in [1.29, 1.82) is 0 Å². The molecule has 2 rings (SSSR count). The lowest BCUT2D eigenvalue weighted by Crippen LogP contribution is -2.00. The van der Waals surface area contributed by atoms with Crippen LogP contribution in [-0.2, 0) is 6.42 Å². The number of hydrogen-bond donors (Lipinski definition) is 0. The molecule has 0 aromatic heterocycles. The van der Waals surface area contributed by atoms with Crippen molar-refractivity contribution in [3.8, 4) is 5.75 Å². The molecule has 1 heteroatoms. The first-order valence-corrected chi connectivity index (χ1v) is 5.92. The van der Waals surface area contributed by atoms with Crippen molar-refractivity contribution in [1.82, 2.24) is 0 Å². The molecule has 1 aliphatic rings. The van der Waals surface area contributed by atoms with Crippen LogP contribution in [-0.4, -0.2) is 6.61 Å². The molecule has 1 nitrogen and oxygen atoms in total. The van der Waals surface area contributed by atoms with Gasteiger partial charge in [0.25, 0.3) is 0 Å². The molecule has 1 aromatic carbocycles. The monoisotopic (exact) mass is 204 g/mol. The minimum atomic E-state index is 0.605. The topological polar surface area (TPSA) is 9.23 Å². The van der Waals surface area contributed by atoms with Crippen molar-refractivity contribution in [2.24, 2.45) is 5.92 Å². The molecule has 1 heterocycles. The average Bonchev–Trinajstić information content (AvgIpc) is 2.37. The molecule has 1 unspecified atom stereocenters. The maximum absolute atomic E-state index is 5.75. The summed E-state index contributed by atoms with van der Waals surface area (Å²) < 4.78 is 5.75. The number of benzene rings is 1. The van der Waals surface area contributed by atoms with Crippen LogP contribution in [0.1, 0.15) is 44.2 Å². The van der Waals surface area contributed by atoms with Crippen LogP contribution in [0.5, 0.6) is 5.75 Å². The van der Waals surface area contributed by atoms with E-state index in [4.69, 9.17) is 4.74 Å². The van der Waals surface area contributed by atoms with Crippen molar-refractivity contribution < 1.29 is 4.74 Å². The van der Waals surface area contributed by atoms with Gasteiger partial charge in [0.2, 0.25) is 0 Å². The summed E-state index contributed by atoms with van der Waals surface area (Å²) in [5.74, 6) is 2.45. The standard InChI is InChI=1S/C14H20O/c1-10(2)12-4-5-14-13(9-12)8-11(3)6-7-15-14/h4-5,9-11H,6-8H2,1-3H3. The molecule has 1 aromatic rings. The average molecular weight is 204 g/mol. The van der Waals surface area contributed by atoms with Crippen LogP contribution >= 0.6 is 0 Å². The maximum atomic E-state index is 5.75. The molecule has 0 fully saturated rings. The Hall–Kier alpha value is -0.980. The van der Waals surface area contributed by atoms with E-state index in [1.165, 1.54) is 17.5 Å². The number of ether oxygens (including phenoxy) is 1. The van der Waals surface area contributed by atoms with Gasteiger partial charge in [0.15, 0.2) is 0 Å². The first-order valence-electron chi connectivity index (χ1n) is 5.92. The Balaban J connectivity index is 2.33. The van der Waals surface area contributed by atoms with Gasteiger partial charge in [-0.25, -0.2) is 0 Å². The van der Waals surface area contributed by atoms with E-state index in [0.29, 0.717) is 5.92 Å². The fourth-order valence-electron chi connectivity index (χ4n) is 2.11. The quantitative estimate of drug-likeness (QED) is 0.676. The predicted octanol–water partition coefficient (Wildman–Crippen LogP) is 3.77. The second-order valence-electron chi connectivity index (χ2n) is 4.97. The van der Waals surface area contributed by atoms with Crippen LogP contribution in [0, 0.1) is 5.92 Å². The number of hydrogen-bond acceptors (Lipinski definition) is 1. The highest BCUT2D eigenvalue weighted by molar-refractivity contribution is 5.39. The Kier molecular flexibility index (Phi) is 2.99. The van der Waals surface area contributed by atoms with Crippen molar-refractivity contribution in [2.45, 2.75) is 39.5 Å². The molecule has 0 N–H and O–H groups in total. The summed E-state index contributed by atoms with van der Waals surface area (Å²) in [7, 11) is 0. The lowest BCUT2D eigenvalue weighted by atomic mass is 9.94. The highest BCUT2D eigenvalue weighted by atomic mass is 16.5. The third-order valence-electron chi connectivity index (χ3n) is 3.19. The number of rotatable bonds is 1. The van der Waals surface area contributed by atoms with E-state index < -0.39 is 0 Å². The summed E-state index contributed by atoms with van der Waals surface area (Å²) in [5, 5.41) is 0. The Morgan fingerprint density at radius 2 is 2.13 bits per heavy atom. The summed E-state index contributed by atoms with van der Waals surface area (Å²) in [6.07, 6.45) is 2.33. The zero-order valence-electron chi connectivity index (χ0n) is 9.92. The summed E-state index contributed by atoms with van der Waals surface area (Å²) in [5.41, 5.74) is 2.82. The lowest BCUT2D eigenvalue weighted by molar-refractivity contribution is 0.300. The highest BCUT2D eigenvalue weighted by Gasteiger charge is 2.15. The molecule has 0 spiro atoms. The minimum Gasteiger partial charge on any atom is -0.493 e. The van der Waals surface area contributed by atoms with Crippen molar-refractivity contribution in [2.75, 3.05) is 6.61 Å². The third-order valence-corrected chi connectivity index (χ3v) is 3.19. The van der Waals surface area contributed by atoms with Crippen molar-refractivity contribution in [3.63, 3.8) is 0 Å². The van der Waals surface area contributed by atoms with E-state index in [2.05, 4.69) is 39.0 Å². The fraction of sp³-hybridized carbons (Fsp3) is 0.571. The molecule has 0 saturated carbocycles. The van der Waals surface area contributed by atoms with Gasteiger partial charge in [-0.05, 0) is 41.9 Å². The smallest absolute Gasteiger partial charge is 0.122 e. The molecule has 0 saturated heterocycles. The molecule has 0 bridgehead atoms. The summed E-state index contributed by atoms with van der Waals surface area (Å²) in [4.78, 5) is 0. The second-order valence-corrected chi connectivity index (χ2v) is 4.97. The van der Waals surface area contributed by atoms with Crippen LogP contribution < -0.4 is 4.74 Å². The van der Waals surface area contributed by atoms with E-state index in [1.807, 2.05) is 0 Å². The fourth-order valence-corrected chi connectivity index (χ4v) is 2.11. The predicted molar refractivity (Wildman–Crippen MR) is 63.5 cm³/mol. The van der Waals surface area contributed by atoms with Gasteiger partial charge in [0.1, 0.15) is 5.75 Å². The SMILES string of the molecule is CC1CCOc2ccc(C(C)C)cc2C1. The lowest BCUT2D eigenvalue weighted by Gasteiger charge is -2.11. The van der Waals surface area contributed by atoms with E-state index in [1.54, 1.807) is 0 Å². The van der Waals surface area contributed by atoms with Gasteiger partial charge in [0, 0.05) is 0 Å². The first-order chi connectivity index (χ1) is 7.16. The normalized spacial score (nSPS) is 20.7. The Morgan fingerprint density at radius 1 is 1.33 bits per heavy atom. The number of fused-ring (bicyclic) bond motifs is 1. The maximum Gasteiger partial charge on any atom is 0.122 e. The molecule has 0 aliphatic carbocycles. The molecule has 1 atom stereocenters. The van der Waals surface area contributed by atoms with Crippen LogP contribution in [0.25, 0.3) is 0 Å². The largest absolute Gasteiger partial charge is 0.493 e. The van der Waals surface area contributed by atoms with Crippen LogP contribution in [0.3, 0.4) is 0 Å². The van der Waals surface area contributed by atoms with Gasteiger partial charge < -0.3 is 4.74 Å². The van der Waals surface area contributed by atoms with Gasteiger partial charge in [-0.3, -0.25) is 0 Å². The van der Waals surface area contributed by atoms with E-state index in [0.717, 1.165) is 24.7 Å². The molecular formula is C14H20O. The van der Waals surface area contributed by atoms with Crippen molar-refractivity contribution in [3.05, 3.63) is 29.3 Å². The van der Waals surface area contributed by atoms with Crippen molar-refractivity contribution >= 4 is 0 Å². The van der Waals surface area contributed by atoms with Gasteiger partial charge in [0.05, 0.1) is 6.61 Å². The summed E-state index contributed by atoms with van der Waals surface area (Å²) in [6.45, 7) is 7.65. The van der Waals surface area contributed by atoms with Crippen LogP contribution in [0.15, 0.2) is 18.2 Å². The molecule has 82 valence electrons. The molecular weight excluding hydrogens is 184 g/mol. The van der Waals surface area contributed by atoms with E-state index >= 15 is 0 Å². The zero-order valence-corrected chi connectivity index (χ0v) is 9.92. The van der Waals surface area contributed by atoms with Gasteiger partial charge >= 0.3 is 0 Å². The molecule has 0 radical (unpaired) electrons. The Bertz CT molecular complexity index is 341. The van der Waals surface area contributed by atoms with Gasteiger partial charge in [-0.1, -0.05) is 32.9 Å². The van der Waals surface area contributed by atoms with E-state index in [9.17, 15) is 0 Å². The molecule has 1 aliphatic heterocycles. The van der Waals surface area contributed by atoms with Crippen LogP contribution in [0.4, 0.5) is 0 Å². The second kappa shape index (κ2) is 4.26. The van der Waals surface area contributed by atoms with Crippen LogP contribution in [0.2, 0.25) is 0 Å². The molecule has 15 heavy (non-hydrogen) atoms. The first kappa shape index (κ1) is 10.5. The van der Waals surface area contributed by atoms with E-state index in [-0.39, 0.29) is 0 Å². The summed E-state index contributed by atoms with van der Waals surface area (Å²) in [6, 6.07) is 6.66. The van der Waals surface area contributed by atoms with Gasteiger partial charge in [-0.2, -0.15) is 0 Å².